The standard InChI is InChI=1S/C9H15N3/c1-6-4-5-7(2)11-9(6)12-8(3)10/h4-5,8H,10H2,1-3H3,(H,11,12)/t8-/m0/s1. The van der Waals surface area contributed by atoms with Crippen molar-refractivity contribution in [3.05, 3.63) is 23.4 Å². The molecule has 3 N–H and O–H groups in total. The first-order valence-corrected chi connectivity index (χ1v) is 4.06. The maximum Gasteiger partial charge on any atom is 0.130 e. The normalized spacial score (nSPS) is 12.7. The third-order valence-corrected chi connectivity index (χ3v) is 1.60. The van der Waals surface area contributed by atoms with Crippen molar-refractivity contribution in [2.24, 2.45) is 5.73 Å². The molecular formula is C9H15N3. The smallest absolute Gasteiger partial charge is 0.130 e. The van der Waals surface area contributed by atoms with Crippen LogP contribution in [0.4, 0.5) is 5.82 Å². The minimum Gasteiger partial charge on any atom is -0.355 e. The van der Waals surface area contributed by atoms with Crippen LogP contribution in [-0.2, 0) is 0 Å². The van der Waals surface area contributed by atoms with Gasteiger partial charge in [0.25, 0.3) is 0 Å². The summed E-state index contributed by atoms with van der Waals surface area (Å²) >= 11 is 0. The Labute approximate surface area is 73.0 Å². The summed E-state index contributed by atoms with van der Waals surface area (Å²) in [7, 11) is 0. The van der Waals surface area contributed by atoms with Crippen LogP contribution in [-0.4, -0.2) is 11.1 Å². The van der Waals surface area contributed by atoms with Gasteiger partial charge in [-0.2, -0.15) is 0 Å². The number of aromatic nitrogens is 1. The molecule has 0 saturated heterocycles. The minimum atomic E-state index is -0.0574. The highest BCUT2D eigenvalue weighted by atomic mass is 15.1. The Hall–Kier alpha value is -1.09. The number of pyridine rings is 1. The van der Waals surface area contributed by atoms with Gasteiger partial charge in [0.2, 0.25) is 0 Å². The molecule has 1 aromatic rings. The van der Waals surface area contributed by atoms with Crippen LogP contribution in [0.25, 0.3) is 0 Å². The van der Waals surface area contributed by atoms with E-state index in [9.17, 15) is 0 Å². The molecule has 3 nitrogen and oxygen atoms in total. The van der Waals surface area contributed by atoms with Crippen molar-refractivity contribution in [3.63, 3.8) is 0 Å². The Morgan fingerprint density at radius 1 is 1.42 bits per heavy atom. The van der Waals surface area contributed by atoms with Gasteiger partial charge in [0.15, 0.2) is 0 Å². The molecule has 0 bridgehead atoms. The molecule has 0 unspecified atom stereocenters. The number of anilines is 1. The van der Waals surface area contributed by atoms with E-state index in [0.29, 0.717) is 0 Å². The number of nitrogens with zero attached hydrogens (tertiary/aromatic N) is 1. The zero-order chi connectivity index (χ0) is 9.14. The Morgan fingerprint density at radius 3 is 2.67 bits per heavy atom. The van der Waals surface area contributed by atoms with Gasteiger partial charge in [-0.1, -0.05) is 6.07 Å². The molecule has 1 rings (SSSR count). The van der Waals surface area contributed by atoms with Crippen LogP contribution in [0.1, 0.15) is 18.2 Å². The molecule has 1 heterocycles. The second-order valence-corrected chi connectivity index (χ2v) is 3.05. The van der Waals surface area contributed by atoms with Crippen molar-refractivity contribution in [3.8, 4) is 0 Å². The summed E-state index contributed by atoms with van der Waals surface area (Å²) in [5, 5.41) is 3.08. The highest BCUT2D eigenvalue weighted by Crippen LogP contribution is 2.11. The van der Waals surface area contributed by atoms with Crippen molar-refractivity contribution in [1.82, 2.24) is 4.98 Å². The van der Waals surface area contributed by atoms with Gasteiger partial charge >= 0.3 is 0 Å². The van der Waals surface area contributed by atoms with Crippen LogP contribution < -0.4 is 11.1 Å². The van der Waals surface area contributed by atoms with E-state index >= 15 is 0 Å². The summed E-state index contributed by atoms with van der Waals surface area (Å²) in [4.78, 5) is 4.32. The molecule has 0 saturated carbocycles. The van der Waals surface area contributed by atoms with Crippen molar-refractivity contribution < 1.29 is 0 Å². The summed E-state index contributed by atoms with van der Waals surface area (Å²) in [6.45, 7) is 5.87. The average molecular weight is 165 g/mol. The van der Waals surface area contributed by atoms with Crippen LogP contribution in [0, 0.1) is 13.8 Å². The summed E-state index contributed by atoms with van der Waals surface area (Å²) < 4.78 is 0. The fourth-order valence-corrected chi connectivity index (χ4v) is 0.988. The number of nitrogens with two attached hydrogens (primary N) is 1. The predicted molar refractivity (Wildman–Crippen MR) is 51.0 cm³/mol. The fraction of sp³-hybridized carbons (Fsp3) is 0.444. The predicted octanol–water partition coefficient (Wildman–Crippen LogP) is 1.42. The Kier molecular flexibility index (Phi) is 2.65. The third kappa shape index (κ3) is 2.20. The number of hydrogen-bond acceptors (Lipinski definition) is 3. The summed E-state index contributed by atoms with van der Waals surface area (Å²) in [6.07, 6.45) is -0.0574. The first kappa shape index (κ1) is 9.00. The van der Waals surface area contributed by atoms with Crippen molar-refractivity contribution in [1.29, 1.82) is 0 Å². The van der Waals surface area contributed by atoms with E-state index in [1.54, 1.807) is 0 Å². The van der Waals surface area contributed by atoms with Gasteiger partial charge < -0.3 is 11.1 Å². The number of rotatable bonds is 2. The number of nitrogens with one attached hydrogen (secondary N) is 1. The largest absolute Gasteiger partial charge is 0.355 e. The maximum atomic E-state index is 5.59. The molecule has 0 fully saturated rings. The molecule has 0 aliphatic heterocycles. The van der Waals surface area contributed by atoms with Gasteiger partial charge in [-0.3, -0.25) is 0 Å². The average Bonchev–Trinajstić information content (AvgIpc) is 1.96. The SMILES string of the molecule is Cc1ccc(C)c(N[C@@H](C)N)n1. The first-order valence-electron chi connectivity index (χ1n) is 4.06. The molecule has 66 valence electrons. The number of hydrogen-bond donors (Lipinski definition) is 2. The molecule has 0 spiro atoms. The molecule has 0 aromatic carbocycles. The van der Waals surface area contributed by atoms with E-state index in [4.69, 9.17) is 5.73 Å². The zero-order valence-electron chi connectivity index (χ0n) is 7.76. The molecule has 0 aliphatic rings. The monoisotopic (exact) mass is 165 g/mol. The van der Waals surface area contributed by atoms with Crippen molar-refractivity contribution in [2.45, 2.75) is 26.9 Å². The van der Waals surface area contributed by atoms with Gasteiger partial charge in [0.1, 0.15) is 5.82 Å². The molecule has 1 aromatic heterocycles. The van der Waals surface area contributed by atoms with Gasteiger partial charge in [-0.25, -0.2) is 4.98 Å². The van der Waals surface area contributed by atoms with E-state index < -0.39 is 0 Å². The highest BCUT2D eigenvalue weighted by molar-refractivity contribution is 5.44. The van der Waals surface area contributed by atoms with Crippen LogP contribution >= 0.6 is 0 Å². The lowest BCUT2D eigenvalue weighted by Crippen LogP contribution is -2.26. The summed E-state index contributed by atoms with van der Waals surface area (Å²) in [5.74, 6) is 0.880. The minimum absolute atomic E-state index is 0.0574. The third-order valence-electron chi connectivity index (χ3n) is 1.60. The Balaban J connectivity index is 2.90. The lowest BCUT2D eigenvalue weighted by molar-refractivity contribution is 0.839. The van der Waals surface area contributed by atoms with Crippen molar-refractivity contribution in [2.75, 3.05) is 5.32 Å². The Morgan fingerprint density at radius 2 is 2.08 bits per heavy atom. The van der Waals surface area contributed by atoms with Crippen LogP contribution in [0.3, 0.4) is 0 Å². The van der Waals surface area contributed by atoms with Gasteiger partial charge in [-0.05, 0) is 32.4 Å². The lowest BCUT2D eigenvalue weighted by Gasteiger charge is -2.11. The Bertz CT molecular complexity index is 268. The molecule has 0 aliphatic carbocycles. The molecule has 0 amide bonds. The van der Waals surface area contributed by atoms with Gasteiger partial charge in [0.05, 0.1) is 6.17 Å². The van der Waals surface area contributed by atoms with E-state index in [1.807, 2.05) is 32.9 Å². The molecule has 0 radical (unpaired) electrons. The molecule has 3 heteroatoms. The fourth-order valence-electron chi connectivity index (χ4n) is 0.988. The zero-order valence-corrected chi connectivity index (χ0v) is 7.76. The summed E-state index contributed by atoms with van der Waals surface area (Å²) in [5.41, 5.74) is 7.72. The lowest BCUT2D eigenvalue weighted by atomic mass is 10.2. The topological polar surface area (TPSA) is 50.9 Å². The van der Waals surface area contributed by atoms with Crippen LogP contribution in [0.2, 0.25) is 0 Å². The second kappa shape index (κ2) is 3.54. The van der Waals surface area contributed by atoms with Crippen LogP contribution in [0.5, 0.6) is 0 Å². The second-order valence-electron chi connectivity index (χ2n) is 3.05. The van der Waals surface area contributed by atoms with Gasteiger partial charge in [-0.15, -0.1) is 0 Å². The molecule has 1 atom stereocenters. The molecule has 12 heavy (non-hydrogen) atoms. The first-order chi connectivity index (χ1) is 5.59. The van der Waals surface area contributed by atoms with E-state index in [2.05, 4.69) is 10.3 Å². The molecular weight excluding hydrogens is 150 g/mol. The highest BCUT2D eigenvalue weighted by Gasteiger charge is 2.00. The quantitative estimate of drug-likeness (QED) is 0.651. The van der Waals surface area contributed by atoms with E-state index in [0.717, 1.165) is 17.1 Å². The van der Waals surface area contributed by atoms with E-state index in [-0.39, 0.29) is 6.17 Å². The van der Waals surface area contributed by atoms with Crippen molar-refractivity contribution >= 4 is 5.82 Å². The maximum absolute atomic E-state index is 5.59. The summed E-state index contributed by atoms with van der Waals surface area (Å²) in [6, 6.07) is 4.02. The van der Waals surface area contributed by atoms with Crippen LogP contribution in [0.15, 0.2) is 12.1 Å². The number of aryl methyl sites for hydroxylation is 2. The van der Waals surface area contributed by atoms with E-state index in [1.165, 1.54) is 0 Å². The van der Waals surface area contributed by atoms with Gasteiger partial charge in [0, 0.05) is 5.69 Å².